The number of hydrogen-bond acceptors (Lipinski definition) is 4. The van der Waals surface area contributed by atoms with Crippen LogP contribution in [-0.2, 0) is 24.5 Å². The molecule has 3 heterocycles. The van der Waals surface area contributed by atoms with Gasteiger partial charge in [-0.05, 0) is 90.7 Å². The van der Waals surface area contributed by atoms with Crippen molar-refractivity contribution in [2.75, 3.05) is 0 Å². The first kappa shape index (κ1) is 20.8. The summed E-state index contributed by atoms with van der Waals surface area (Å²) in [4.78, 5) is 27.7. The molecule has 8 rings (SSSR count). The van der Waals surface area contributed by atoms with Crippen LogP contribution in [0.5, 0.6) is 0 Å². The van der Waals surface area contributed by atoms with Gasteiger partial charge in [-0.1, -0.05) is 32.9 Å². The lowest BCUT2D eigenvalue weighted by molar-refractivity contribution is -0.183. The molecule has 3 saturated heterocycles. The minimum Gasteiger partial charge on any atom is -0.457 e. The van der Waals surface area contributed by atoms with Crippen molar-refractivity contribution in [3.05, 3.63) is 29.8 Å². The van der Waals surface area contributed by atoms with Crippen molar-refractivity contribution in [1.82, 2.24) is 0 Å². The second kappa shape index (κ2) is 6.80. The summed E-state index contributed by atoms with van der Waals surface area (Å²) >= 11 is 0. The Hall–Kier alpha value is -1.49. The summed E-state index contributed by atoms with van der Waals surface area (Å²) in [5.41, 5.74) is 1.19. The SMILES string of the molecule is CC(C)(C)c1ccc([SH]2C3CC4C(=O)OC(C3OC(=O)C35CC6CC(CC(C6)C3)C5)C42)cc1. The highest BCUT2D eigenvalue weighted by atomic mass is 32.2. The van der Waals surface area contributed by atoms with Gasteiger partial charge in [-0.25, -0.2) is 10.9 Å². The van der Waals surface area contributed by atoms with Gasteiger partial charge in [0, 0.05) is 10.5 Å². The third-order valence-electron chi connectivity index (χ3n) is 9.93. The molecule has 0 radical (unpaired) electrons. The molecule has 7 aliphatic rings. The van der Waals surface area contributed by atoms with Gasteiger partial charge in [-0.2, -0.15) is 0 Å². The predicted octanol–water partition coefficient (Wildman–Crippen LogP) is 5.17. The van der Waals surface area contributed by atoms with E-state index >= 15 is 0 Å². The molecule has 6 atom stereocenters. The van der Waals surface area contributed by atoms with Gasteiger partial charge >= 0.3 is 11.9 Å². The van der Waals surface area contributed by atoms with Gasteiger partial charge in [-0.3, -0.25) is 9.59 Å². The molecule has 6 unspecified atom stereocenters. The Balaban J connectivity index is 1.16. The highest BCUT2D eigenvalue weighted by molar-refractivity contribution is 8.18. The molecule has 1 aromatic carbocycles. The van der Waals surface area contributed by atoms with Crippen LogP contribution < -0.4 is 0 Å². The van der Waals surface area contributed by atoms with Crippen LogP contribution in [0.2, 0.25) is 0 Å². The van der Waals surface area contributed by atoms with Crippen molar-refractivity contribution in [2.24, 2.45) is 29.1 Å². The molecular formula is C28H36O4S. The Morgan fingerprint density at radius 3 is 2.18 bits per heavy atom. The number of ether oxygens (including phenoxy) is 2. The molecule has 3 aliphatic heterocycles. The Kier molecular flexibility index (Phi) is 4.30. The van der Waals surface area contributed by atoms with Crippen LogP contribution in [0.15, 0.2) is 29.2 Å². The summed E-state index contributed by atoms with van der Waals surface area (Å²) in [6.45, 7) is 6.71. The first-order valence-corrected chi connectivity index (χ1v) is 14.5. The Labute approximate surface area is 199 Å². The number of fused-ring (bicyclic) bond motifs is 1. The highest BCUT2D eigenvalue weighted by Crippen LogP contribution is 2.68. The van der Waals surface area contributed by atoms with Crippen molar-refractivity contribution in [1.29, 1.82) is 0 Å². The lowest BCUT2D eigenvalue weighted by Gasteiger charge is -2.55. The molecule has 1 aromatic rings. The maximum absolute atomic E-state index is 13.7. The summed E-state index contributed by atoms with van der Waals surface area (Å²) in [5.74, 6) is 2.14. The molecule has 4 saturated carbocycles. The first-order chi connectivity index (χ1) is 15.7. The van der Waals surface area contributed by atoms with Crippen LogP contribution in [0, 0.1) is 29.1 Å². The monoisotopic (exact) mass is 468 g/mol. The van der Waals surface area contributed by atoms with E-state index in [1.165, 1.54) is 29.7 Å². The fourth-order valence-corrected chi connectivity index (χ4v) is 12.7. The van der Waals surface area contributed by atoms with Crippen molar-refractivity contribution >= 4 is 22.8 Å². The lowest BCUT2D eigenvalue weighted by atomic mass is 9.49. The zero-order chi connectivity index (χ0) is 22.7. The Bertz CT molecular complexity index is 972. The van der Waals surface area contributed by atoms with E-state index in [9.17, 15) is 9.59 Å². The lowest BCUT2D eigenvalue weighted by Crippen LogP contribution is -2.52. The smallest absolute Gasteiger partial charge is 0.312 e. The number of hydrogen-bond donors (Lipinski definition) is 1. The minimum absolute atomic E-state index is 0.00269. The molecule has 4 nitrogen and oxygen atoms in total. The fourth-order valence-electron chi connectivity index (χ4n) is 8.87. The predicted molar refractivity (Wildman–Crippen MR) is 128 cm³/mol. The van der Waals surface area contributed by atoms with E-state index in [4.69, 9.17) is 9.47 Å². The standard InChI is InChI=1S/C28H36O4S/c1-27(2,3)18-4-6-19(7-5-18)33-21-11-20-24(33)23(31-25(20)29)22(21)32-26(30)28-12-15-8-16(13-28)10-17(9-15)14-28/h4-7,15-17,20-24,33H,8-14H2,1-3H3. The maximum Gasteiger partial charge on any atom is 0.312 e. The molecule has 6 bridgehead atoms. The van der Waals surface area contributed by atoms with E-state index in [1.54, 1.807) is 0 Å². The number of thiol groups is 1. The van der Waals surface area contributed by atoms with Crippen LogP contribution in [0.25, 0.3) is 0 Å². The van der Waals surface area contributed by atoms with Crippen LogP contribution >= 0.6 is 10.9 Å². The van der Waals surface area contributed by atoms with E-state index in [-0.39, 0.29) is 51.4 Å². The summed E-state index contributed by atoms with van der Waals surface area (Å²) in [6, 6.07) is 9.03. The second-order valence-electron chi connectivity index (χ2n) is 13.1. The van der Waals surface area contributed by atoms with Gasteiger partial charge in [0.25, 0.3) is 0 Å². The number of benzene rings is 1. The van der Waals surface area contributed by atoms with E-state index in [2.05, 4.69) is 45.0 Å². The average Bonchev–Trinajstić information content (AvgIpc) is 3.33. The summed E-state index contributed by atoms with van der Waals surface area (Å²) < 4.78 is 12.3. The van der Waals surface area contributed by atoms with Crippen LogP contribution in [-0.4, -0.2) is 34.6 Å². The molecule has 0 N–H and O–H groups in total. The number of carbonyl (C=O) groups excluding carboxylic acids is 2. The summed E-state index contributed by atoms with van der Waals surface area (Å²) in [5, 5.41) is 0.469. The van der Waals surface area contributed by atoms with Crippen LogP contribution in [0.3, 0.4) is 0 Å². The molecule has 0 spiro atoms. The third kappa shape index (κ3) is 2.96. The maximum atomic E-state index is 13.7. The normalized spacial score (nSPS) is 47.7. The zero-order valence-corrected chi connectivity index (χ0v) is 20.9. The van der Waals surface area contributed by atoms with Crippen molar-refractivity contribution in [2.45, 2.75) is 98.7 Å². The number of rotatable bonds is 3. The van der Waals surface area contributed by atoms with Crippen molar-refractivity contribution in [3.8, 4) is 0 Å². The van der Waals surface area contributed by atoms with Crippen LogP contribution in [0.1, 0.15) is 71.3 Å². The molecular weight excluding hydrogens is 432 g/mol. The number of esters is 2. The third-order valence-corrected chi connectivity index (χ3v) is 13.3. The molecule has 7 fully saturated rings. The second-order valence-corrected chi connectivity index (χ2v) is 15.7. The molecule has 0 aromatic heterocycles. The fraction of sp³-hybridized carbons (Fsp3) is 0.714. The first-order valence-electron chi connectivity index (χ1n) is 13.0. The van der Waals surface area contributed by atoms with Gasteiger partial charge in [-0.15, -0.1) is 0 Å². The highest BCUT2D eigenvalue weighted by Gasteiger charge is 2.68. The molecule has 178 valence electrons. The summed E-state index contributed by atoms with van der Waals surface area (Å²) in [6.07, 6.45) is 7.37. The van der Waals surface area contributed by atoms with E-state index in [0.29, 0.717) is 0 Å². The van der Waals surface area contributed by atoms with Gasteiger partial charge in [0.1, 0.15) is 0 Å². The average molecular weight is 469 g/mol. The summed E-state index contributed by atoms with van der Waals surface area (Å²) in [7, 11) is -0.569. The Morgan fingerprint density at radius 2 is 1.61 bits per heavy atom. The van der Waals surface area contributed by atoms with Crippen molar-refractivity contribution < 1.29 is 19.1 Å². The Morgan fingerprint density at radius 1 is 1.00 bits per heavy atom. The minimum atomic E-state index is -0.569. The topological polar surface area (TPSA) is 52.6 Å². The molecule has 5 heteroatoms. The quantitative estimate of drug-likeness (QED) is 0.491. The molecule has 33 heavy (non-hydrogen) atoms. The molecule has 4 aliphatic carbocycles. The van der Waals surface area contributed by atoms with E-state index in [1.807, 2.05) is 0 Å². The van der Waals surface area contributed by atoms with Gasteiger partial charge in [0.15, 0.2) is 12.2 Å². The molecule has 0 amide bonds. The van der Waals surface area contributed by atoms with Gasteiger partial charge < -0.3 is 9.47 Å². The van der Waals surface area contributed by atoms with E-state index < -0.39 is 10.9 Å². The zero-order valence-electron chi connectivity index (χ0n) is 20.0. The van der Waals surface area contributed by atoms with Crippen LogP contribution in [0.4, 0.5) is 0 Å². The number of carbonyl (C=O) groups is 2. The van der Waals surface area contributed by atoms with Gasteiger partial charge in [0.05, 0.1) is 11.3 Å². The van der Waals surface area contributed by atoms with E-state index in [0.717, 1.165) is 43.4 Å². The largest absolute Gasteiger partial charge is 0.457 e. The van der Waals surface area contributed by atoms with Gasteiger partial charge in [0.2, 0.25) is 0 Å². The van der Waals surface area contributed by atoms with Crippen molar-refractivity contribution in [3.63, 3.8) is 0 Å².